The standard InChI is InChI=1S/C19H16ClFN2O/c1-11-7-9-13(10-8-11)18-16(12(2)22-19(24)23(18)3)17-14(20)5-4-6-15(17)21/h4-10H,1-3H3. The zero-order chi connectivity index (χ0) is 17.4. The van der Waals surface area contributed by atoms with E-state index < -0.39 is 5.82 Å². The van der Waals surface area contributed by atoms with Crippen LogP contribution in [0.3, 0.4) is 0 Å². The van der Waals surface area contributed by atoms with Crippen LogP contribution in [0.15, 0.2) is 47.3 Å². The first-order valence-corrected chi connectivity index (χ1v) is 7.87. The van der Waals surface area contributed by atoms with Crippen molar-refractivity contribution in [1.82, 2.24) is 9.55 Å². The SMILES string of the molecule is Cc1ccc(-c2c(-c3c(F)cccc3Cl)c(C)nc(=O)n2C)cc1. The third-order valence-corrected chi connectivity index (χ3v) is 4.34. The van der Waals surface area contributed by atoms with E-state index in [2.05, 4.69) is 4.98 Å². The smallest absolute Gasteiger partial charge is 0.294 e. The van der Waals surface area contributed by atoms with Gasteiger partial charge in [0, 0.05) is 18.2 Å². The van der Waals surface area contributed by atoms with Gasteiger partial charge in [0.05, 0.1) is 16.4 Å². The maximum atomic E-state index is 14.5. The Hall–Kier alpha value is -2.46. The van der Waals surface area contributed by atoms with E-state index in [0.717, 1.165) is 11.1 Å². The van der Waals surface area contributed by atoms with E-state index in [9.17, 15) is 9.18 Å². The highest BCUT2D eigenvalue weighted by atomic mass is 35.5. The number of hydrogen-bond acceptors (Lipinski definition) is 2. The maximum Gasteiger partial charge on any atom is 0.348 e. The molecule has 0 aliphatic heterocycles. The van der Waals surface area contributed by atoms with Gasteiger partial charge >= 0.3 is 5.69 Å². The molecule has 2 aromatic carbocycles. The van der Waals surface area contributed by atoms with E-state index in [1.807, 2.05) is 31.2 Å². The number of benzene rings is 2. The van der Waals surface area contributed by atoms with Crippen molar-refractivity contribution in [3.8, 4) is 22.4 Å². The lowest BCUT2D eigenvalue weighted by molar-refractivity contribution is 0.630. The Morgan fingerprint density at radius 2 is 1.71 bits per heavy atom. The maximum absolute atomic E-state index is 14.5. The molecule has 3 aromatic rings. The van der Waals surface area contributed by atoms with Crippen molar-refractivity contribution in [1.29, 1.82) is 0 Å². The molecule has 0 amide bonds. The first-order chi connectivity index (χ1) is 11.4. The van der Waals surface area contributed by atoms with Crippen LogP contribution in [-0.2, 0) is 7.05 Å². The van der Waals surface area contributed by atoms with Crippen LogP contribution in [0.2, 0.25) is 5.02 Å². The van der Waals surface area contributed by atoms with Gasteiger partial charge in [0.15, 0.2) is 0 Å². The second-order valence-corrected chi connectivity index (χ2v) is 6.13. The lowest BCUT2D eigenvalue weighted by atomic mass is 9.96. The normalized spacial score (nSPS) is 10.9. The molecule has 0 radical (unpaired) electrons. The number of aromatic nitrogens is 2. The van der Waals surface area contributed by atoms with Crippen molar-refractivity contribution >= 4 is 11.6 Å². The van der Waals surface area contributed by atoms with Crippen LogP contribution in [0, 0.1) is 19.7 Å². The van der Waals surface area contributed by atoms with E-state index in [0.29, 0.717) is 17.0 Å². The summed E-state index contributed by atoms with van der Waals surface area (Å²) in [7, 11) is 1.63. The van der Waals surface area contributed by atoms with Gasteiger partial charge in [-0.3, -0.25) is 4.57 Å². The van der Waals surface area contributed by atoms with Gasteiger partial charge in [-0.05, 0) is 31.5 Å². The molecule has 3 nitrogen and oxygen atoms in total. The van der Waals surface area contributed by atoms with Crippen molar-refractivity contribution in [2.45, 2.75) is 13.8 Å². The zero-order valence-corrected chi connectivity index (χ0v) is 14.4. The van der Waals surface area contributed by atoms with Crippen LogP contribution in [0.1, 0.15) is 11.3 Å². The summed E-state index contributed by atoms with van der Waals surface area (Å²) in [5.41, 5.74) is 3.35. The van der Waals surface area contributed by atoms with Crippen molar-refractivity contribution in [3.63, 3.8) is 0 Å². The Labute approximate surface area is 144 Å². The molecular formula is C19H16ClFN2O. The third-order valence-electron chi connectivity index (χ3n) is 4.02. The lowest BCUT2D eigenvalue weighted by Crippen LogP contribution is -2.24. The van der Waals surface area contributed by atoms with Gasteiger partial charge in [-0.15, -0.1) is 0 Å². The molecule has 0 aliphatic rings. The average molecular weight is 343 g/mol. The van der Waals surface area contributed by atoms with E-state index in [4.69, 9.17) is 11.6 Å². The summed E-state index contributed by atoms with van der Waals surface area (Å²) in [5, 5.41) is 0.284. The van der Waals surface area contributed by atoms with Gasteiger partial charge < -0.3 is 0 Å². The number of halogens is 2. The van der Waals surface area contributed by atoms with Crippen LogP contribution >= 0.6 is 11.6 Å². The molecule has 0 N–H and O–H groups in total. The Balaban J connectivity index is 2.44. The average Bonchev–Trinajstić information content (AvgIpc) is 2.53. The largest absolute Gasteiger partial charge is 0.348 e. The van der Waals surface area contributed by atoms with Crippen LogP contribution in [0.4, 0.5) is 4.39 Å². The molecule has 0 unspecified atom stereocenters. The molecule has 0 saturated heterocycles. The van der Waals surface area contributed by atoms with Crippen molar-refractivity contribution in [2.75, 3.05) is 0 Å². The van der Waals surface area contributed by atoms with Gasteiger partial charge in [-0.1, -0.05) is 47.5 Å². The van der Waals surface area contributed by atoms with Crippen molar-refractivity contribution in [2.24, 2.45) is 7.05 Å². The number of rotatable bonds is 2. The fourth-order valence-corrected chi connectivity index (χ4v) is 3.05. The fraction of sp³-hybridized carbons (Fsp3) is 0.158. The number of aryl methyl sites for hydroxylation is 2. The quantitative estimate of drug-likeness (QED) is 0.686. The predicted octanol–water partition coefficient (Wildman–Crippen LogP) is 4.52. The first kappa shape index (κ1) is 16.4. The molecule has 0 spiro atoms. The fourth-order valence-electron chi connectivity index (χ4n) is 2.79. The van der Waals surface area contributed by atoms with E-state index in [1.54, 1.807) is 26.1 Å². The third kappa shape index (κ3) is 2.74. The minimum atomic E-state index is -0.445. The van der Waals surface area contributed by atoms with Crippen LogP contribution in [0.25, 0.3) is 22.4 Å². The van der Waals surface area contributed by atoms with Crippen LogP contribution in [-0.4, -0.2) is 9.55 Å². The zero-order valence-electron chi connectivity index (χ0n) is 13.6. The topological polar surface area (TPSA) is 34.9 Å². The van der Waals surface area contributed by atoms with Crippen LogP contribution < -0.4 is 5.69 Å². The van der Waals surface area contributed by atoms with E-state index in [-0.39, 0.29) is 16.3 Å². The molecule has 0 aliphatic carbocycles. The van der Waals surface area contributed by atoms with Crippen LogP contribution in [0.5, 0.6) is 0 Å². The van der Waals surface area contributed by atoms with Gasteiger partial charge in [-0.2, -0.15) is 4.98 Å². The molecule has 24 heavy (non-hydrogen) atoms. The first-order valence-electron chi connectivity index (χ1n) is 7.49. The molecule has 0 fully saturated rings. The summed E-state index contributed by atoms with van der Waals surface area (Å²) in [6.07, 6.45) is 0. The summed E-state index contributed by atoms with van der Waals surface area (Å²) in [5.74, 6) is -0.445. The molecule has 1 heterocycles. The number of nitrogens with zero attached hydrogens (tertiary/aromatic N) is 2. The molecule has 1 aromatic heterocycles. The summed E-state index contributed by atoms with van der Waals surface area (Å²) >= 11 is 6.26. The summed E-state index contributed by atoms with van der Waals surface area (Å²) < 4.78 is 15.9. The Bertz CT molecular complexity index is 958. The minimum absolute atomic E-state index is 0.260. The summed E-state index contributed by atoms with van der Waals surface area (Å²) in [6.45, 7) is 3.67. The van der Waals surface area contributed by atoms with E-state index >= 15 is 0 Å². The number of hydrogen-bond donors (Lipinski definition) is 0. The second kappa shape index (κ2) is 6.21. The van der Waals surface area contributed by atoms with Gasteiger partial charge in [0.2, 0.25) is 0 Å². The lowest BCUT2D eigenvalue weighted by Gasteiger charge is -2.17. The monoisotopic (exact) mass is 342 g/mol. The molecule has 122 valence electrons. The second-order valence-electron chi connectivity index (χ2n) is 5.73. The highest BCUT2D eigenvalue weighted by molar-refractivity contribution is 6.33. The minimum Gasteiger partial charge on any atom is -0.294 e. The molecule has 0 saturated carbocycles. The van der Waals surface area contributed by atoms with Crippen molar-refractivity contribution in [3.05, 3.63) is 75.0 Å². The molecule has 5 heteroatoms. The van der Waals surface area contributed by atoms with Gasteiger partial charge in [0.25, 0.3) is 0 Å². The van der Waals surface area contributed by atoms with Gasteiger partial charge in [0.1, 0.15) is 5.82 Å². The highest BCUT2D eigenvalue weighted by Crippen LogP contribution is 2.38. The molecular weight excluding hydrogens is 327 g/mol. The summed E-state index contributed by atoms with van der Waals surface area (Å²) in [6, 6.07) is 12.2. The molecule has 0 bridgehead atoms. The van der Waals surface area contributed by atoms with Crippen molar-refractivity contribution < 1.29 is 4.39 Å². The predicted molar refractivity (Wildman–Crippen MR) is 94.8 cm³/mol. The van der Waals surface area contributed by atoms with E-state index in [1.165, 1.54) is 10.6 Å². The highest BCUT2D eigenvalue weighted by Gasteiger charge is 2.21. The summed E-state index contributed by atoms with van der Waals surface area (Å²) in [4.78, 5) is 16.2. The van der Waals surface area contributed by atoms with Gasteiger partial charge in [-0.25, -0.2) is 9.18 Å². The Kier molecular flexibility index (Phi) is 4.24. The Morgan fingerprint density at radius 3 is 2.33 bits per heavy atom. The molecule has 0 atom stereocenters. The molecule has 3 rings (SSSR count). The Morgan fingerprint density at radius 1 is 1.04 bits per heavy atom.